The molecule has 0 saturated heterocycles. The Hall–Kier alpha value is -3.01. The van der Waals surface area contributed by atoms with Gasteiger partial charge in [-0.15, -0.1) is 0 Å². The quantitative estimate of drug-likeness (QED) is 0.729. The van der Waals surface area contributed by atoms with E-state index in [2.05, 4.69) is 15.0 Å². The Kier molecular flexibility index (Phi) is 3.43. The fraction of sp³-hybridized carbons (Fsp3) is 0.267. The topological polar surface area (TPSA) is 89.4 Å². The fourth-order valence-electron chi connectivity index (χ4n) is 2.46. The Labute approximate surface area is 126 Å². The van der Waals surface area contributed by atoms with E-state index in [4.69, 9.17) is 0 Å². The molecule has 0 unspecified atom stereocenters. The highest BCUT2D eigenvalue weighted by Crippen LogP contribution is 2.20. The molecule has 0 aliphatic carbocycles. The van der Waals surface area contributed by atoms with Gasteiger partial charge in [0.2, 0.25) is 5.82 Å². The fourth-order valence-corrected chi connectivity index (χ4v) is 2.46. The zero-order valence-electron chi connectivity index (χ0n) is 12.3. The Balaban J connectivity index is 2.34. The van der Waals surface area contributed by atoms with Crippen LogP contribution in [0.25, 0.3) is 22.6 Å². The maximum Gasteiger partial charge on any atom is 0.280 e. The lowest BCUT2D eigenvalue weighted by atomic mass is 10.3. The van der Waals surface area contributed by atoms with Gasteiger partial charge in [0, 0.05) is 31.5 Å². The molecule has 0 fully saturated rings. The van der Waals surface area contributed by atoms with Crippen LogP contribution in [0.3, 0.4) is 0 Å². The summed E-state index contributed by atoms with van der Waals surface area (Å²) in [7, 11) is 1.77. The van der Waals surface area contributed by atoms with Crippen LogP contribution in [-0.2, 0) is 13.6 Å². The summed E-state index contributed by atoms with van der Waals surface area (Å²) < 4.78 is 3.10. The lowest BCUT2D eigenvalue weighted by Gasteiger charge is -2.06. The van der Waals surface area contributed by atoms with Crippen LogP contribution in [0, 0.1) is 11.3 Å². The molecule has 3 heterocycles. The van der Waals surface area contributed by atoms with E-state index in [0.29, 0.717) is 17.9 Å². The normalized spacial score (nSPS) is 10.8. The van der Waals surface area contributed by atoms with Gasteiger partial charge < -0.3 is 4.57 Å². The summed E-state index contributed by atoms with van der Waals surface area (Å²) in [4.78, 5) is 25.4. The number of aryl methyl sites for hydroxylation is 1. The lowest BCUT2D eigenvalue weighted by Crippen LogP contribution is -2.25. The Morgan fingerprint density at radius 2 is 2.18 bits per heavy atom. The van der Waals surface area contributed by atoms with E-state index in [1.165, 1.54) is 4.57 Å². The van der Waals surface area contributed by atoms with Gasteiger partial charge in [0.05, 0.1) is 0 Å². The summed E-state index contributed by atoms with van der Waals surface area (Å²) >= 11 is 0. The summed E-state index contributed by atoms with van der Waals surface area (Å²) in [6.07, 6.45) is 4.10. The first kappa shape index (κ1) is 13.9. The monoisotopic (exact) mass is 294 g/mol. The molecule has 3 aromatic heterocycles. The minimum atomic E-state index is -0.242. The predicted octanol–water partition coefficient (Wildman–Crippen LogP) is 1.47. The van der Waals surface area contributed by atoms with E-state index in [-0.39, 0.29) is 17.0 Å². The maximum absolute atomic E-state index is 12.7. The van der Waals surface area contributed by atoms with E-state index in [1.54, 1.807) is 30.1 Å². The molecule has 0 atom stereocenters. The molecule has 0 aliphatic rings. The smallest absolute Gasteiger partial charge is 0.280 e. The molecule has 0 aromatic carbocycles. The van der Waals surface area contributed by atoms with Gasteiger partial charge in [-0.05, 0) is 18.6 Å². The summed E-state index contributed by atoms with van der Waals surface area (Å²) in [5, 5.41) is 9.21. The molecule has 3 rings (SSSR count). The van der Waals surface area contributed by atoms with Crippen molar-refractivity contribution in [1.29, 1.82) is 5.26 Å². The van der Waals surface area contributed by atoms with E-state index >= 15 is 0 Å². The highest BCUT2D eigenvalue weighted by atomic mass is 16.1. The largest absolute Gasteiger partial charge is 0.321 e. The number of hydrogen-bond acceptors (Lipinski definition) is 5. The van der Waals surface area contributed by atoms with E-state index in [0.717, 1.165) is 12.0 Å². The Bertz CT molecular complexity index is 933. The molecule has 0 spiro atoms. The number of aromatic nitrogens is 5. The Morgan fingerprint density at radius 1 is 1.36 bits per heavy atom. The van der Waals surface area contributed by atoms with Crippen molar-refractivity contribution in [3.63, 3.8) is 0 Å². The molecule has 22 heavy (non-hydrogen) atoms. The first-order valence-corrected chi connectivity index (χ1v) is 6.95. The predicted molar refractivity (Wildman–Crippen MR) is 81.0 cm³/mol. The lowest BCUT2D eigenvalue weighted by molar-refractivity contribution is 0.635. The second kappa shape index (κ2) is 5.41. The van der Waals surface area contributed by atoms with Crippen LogP contribution in [-0.4, -0.2) is 24.1 Å². The molecule has 0 amide bonds. The SMILES string of the molecule is CCCn1c(C#N)nc2nc(-c3cccnc3)n(C)c2c1=O. The van der Waals surface area contributed by atoms with E-state index in [9.17, 15) is 10.1 Å². The molecule has 7 heteroatoms. The zero-order valence-corrected chi connectivity index (χ0v) is 12.3. The van der Waals surface area contributed by atoms with Gasteiger partial charge >= 0.3 is 0 Å². The Morgan fingerprint density at radius 3 is 2.82 bits per heavy atom. The van der Waals surface area contributed by atoms with Crippen LogP contribution in [0.15, 0.2) is 29.3 Å². The number of rotatable bonds is 3. The van der Waals surface area contributed by atoms with Crippen molar-refractivity contribution in [2.75, 3.05) is 0 Å². The summed E-state index contributed by atoms with van der Waals surface area (Å²) in [6, 6.07) is 5.64. The van der Waals surface area contributed by atoms with Crippen molar-refractivity contribution in [1.82, 2.24) is 24.1 Å². The average molecular weight is 294 g/mol. The number of fused-ring (bicyclic) bond motifs is 1. The van der Waals surface area contributed by atoms with E-state index < -0.39 is 0 Å². The summed E-state index contributed by atoms with van der Waals surface area (Å²) in [6.45, 7) is 2.40. The van der Waals surface area contributed by atoms with Crippen molar-refractivity contribution in [3.8, 4) is 17.5 Å². The van der Waals surface area contributed by atoms with Gasteiger partial charge in [0.25, 0.3) is 5.56 Å². The van der Waals surface area contributed by atoms with Crippen LogP contribution < -0.4 is 5.56 Å². The molecular weight excluding hydrogens is 280 g/mol. The van der Waals surface area contributed by atoms with Gasteiger partial charge in [0.15, 0.2) is 11.2 Å². The third kappa shape index (κ3) is 2.05. The molecule has 3 aromatic rings. The van der Waals surface area contributed by atoms with E-state index in [1.807, 2.05) is 19.1 Å². The van der Waals surface area contributed by atoms with Crippen molar-refractivity contribution >= 4 is 11.2 Å². The molecule has 0 saturated carbocycles. The number of imidazole rings is 1. The first-order valence-electron chi connectivity index (χ1n) is 6.95. The second-order valence-corrected chi connectivity index (χ2v) is 4.91. The molecule has 0 N–H and O–H groups in total. The van der Waals surface area contributed by atoms with Crippen molar-refractivity contribution in [3.05, 3.63) is 40.7 Å². The second-order valence-electron chi connectivity index (χ2n) is 4.91. The number of pyridine rings is 1. The highest BCUT2D eigenvalue weighted by Gasteiger charge is 2.18. The summed E-state index contributed by atoms with van der Waals surface area (Å²) in [5.74, 6) is 0.695. The van der Waals surface area contributed by atoms with Crippen LogP contribution in [0.4, 0.5) is 0 Å². The van der Waals surface area contributed by atoms with Crippen molar-refractivity contribution < 1.29 is 0 Å². The standard InChI is InChI=1S/C15H14N6O/c1-3-7-21-11(8-16)18-13-12(15(21)22)20(2)14(19-13)10-5-4-6-17-9-10/h4-6,9H,3,7H2,1-2H3. The van der Waals surface area contributed by atoms with Crippen LogP contribution in [0.5, 0.6) is 0 Å². The first-order chi connectivity index (χ1) is 10.7. The summed E-state index contributed by atoms with van der Waals surface area (Å²) in [5.41, 5.74) is 1.23. The van der Waals surface area contributed by atoms with Gasteiger partial charge in [-0.1, -0.05) is 6.92 Å². The van der Waals surface area contributed by atoms with Crippen molar-refractivity contribution in [2.24, 2.45) is 7.05 Å². The van der Waals surface area contributed by atoms with Crippen LogP contribution in [0.2, 0.25) is 0 Å². The van der Waals surface area contributed by atoms with Gasteiger partial charge in [-0.3, -0.25) is 14.3 Å². The zero-order chi connectivity index (χ0) is 15.7. The average Bonchev–Trinajstić information content (AvgIpc) is 2.88. The van der Waals surface area contributed by atoms with Crippen LogP contribution in [0.1, 0.15) is 19.2 Å². The molecule has 110 valence electrons. The molecule has 7 nitrogen and oxygen atoms in total. The third-order valence-electron chi connectivity index (χ3n) is 3.46. The van der Waals surface area contributed by atoms with Gasteiger partial charge in [0.1, 0.15) is 11.9 Å². The number of nitrogens with zero attached hydrogens (tertiary/aromatic N) is 6. The minimum Gasteiger partial charge on any atom is -0.321 e. The molecule has 0 radical (unpaired) electrons. The van der Waals surface area contributed by atoms with Gasteiger partial charge in [-0.2, -0.15) is 10.2 Å². The third-order valence-corrected chi connectivity index (χ3v) is 3.46. The highest BCUT2D eigenvalue weighted by molar-refractivity contribution is 5.76. The minimum absolute atomic E-state index is 0.0928. The molecule has 0 bridgehead atoms. The maximum atomic E-state index is 12.7. The van der Waals surface area contributed by atoms with Crippen molar-refractivity contribution in [2.45, 2.75) is 19.9 Å². The number of nitriles is 1. The van der Waals surface area contributed by atoms with Crippen LogP contribution >= 0.6 is 0 Å². The van der Waals surface area contributed by atoms with Gasteiger partial charge in [-0.25, -0.2) is 4.98 Å². The number of hydrogen-bond donors (Lipinski definition) is 0. The molecular formula is C15H14N6O. The molecule has 0 aliphatic heterocycles.